The van der Waals surface area contributed by atoms with Crippen molar-refractivity contribution in [2.24, 2.45) is 0 Å². The van der Waals surface area contributed by atoms with Gasteiger partial charge in [-0.15, -0.1) is 0 Å². The van der Waals surface area contributed by atoms with Gasteiger partial charge in [-0.3, -0.25) is 14.4 Å². The summed E-state index contributed by atoms with van der Waals surface area (Å²) in [6.45, 7) is 5.81. The van der Waals surface area contributed by atoms with Gasteiger partial charge in [-0.05, 0) is 96.3 Å². The lowest BCUT2D eigenvalue weighted by Gasteiger charge is -2.40. The number of hydrogen-bond donors (Lipinski definition) is 3. The average molecular weight is 1030 g/mol. The lowest BCUT2D eigenvalue weighted by Crippen LogP contribution is -2.61. The zero-order chi connectivity index (χ0) is 53.3. The van der Waals surface area contributed by atoms with Gasteiger partial charge in [0.05, 0.1) is 6.61 Å². The fourth-order valence-corrected chi connectivity index (χ4v) is 8.31. The topological polar surface area (TPSA) is 175 Å². The zero-order valence-electron chi connectivity index (χ0n) is 45.9. The molecule has 3 N–H and O–H groups in total. The van der Waals surface area contributed by atoms with E-state index in [0.717, 1.165) is 96.3 Å². The maximum absolute atomic E-state index is 13.1. The quantitative estimate of drug-likeness (QED) is 0.0228. The molecule has 12 heteroatoms. The monoisotopic (exact) mass is 1030 g/mol. The minimum absolute atomic E-state index is 0.0636. The van der Waals surface area contributed by atoms with Crippen LogP contribution in [0, 0.1) is 0 Å². The second-order valence-corrected chi connectivity index (χ2v) is 19.5. The molecule has 12 nitrogen and oxygen atoms in total. The molecule has 418 valence electrons. The highest BCUT2D eigenvalue weighted by atomic mass is 16.7. The van der Waals surface area contributed by atoms with Crippen LogP contribution in [-0.4, -0.2) is 89.2 Å². The van der Waals surface area contributed by atoms with Crippen molar-refractivity contribution in [2.75, 3.05) is 13.2 Å². The summed E-state index contributed by atoms with van der Waals surface area (Å²) in [4.78, 5) is 51.0. The lowest BCUT2D eigenvalue weighted by molar-refractivity contribution is -0.301. The predicted molar refractivity (Wildman–Crippen MR) is 294 cm³/mol. The molecule has 0 radical (unpaired) electrons. The summed E-state index contributed by atoms with van der Waals surface area (Å²) in [5.41, 5.74) is 0. The maximum atomic E-state index is 13.1. The summed E-state index contributed by atoms with van der Waals surface area (Å²) >= 11 is 0. The van der Waals surface area contributed by atoms with Crippen LogP contribution in [0.25, 0.3) is 0 Å². The Morgan fingerprint density at radius 3 is 1.37 bits per heavy atom. The van der Waals surface area contributed by atoms with Crippen LogP contribution < -0.4 is 0 Å². The van der Waals surface area contributed by atoms with Gasteiger partial charge in [0.2, 0.25) is 0 Å². The van der Waals surface area contributed by atoms with E-state index in [2.05, 4.69) is 75.5 Å². The number of allylic oxidation sites excluding steroid dienone is 12. The molecule has 0 spiro atoms. The number of aliphatic hydroxyl groups is 2. The Bertz CT molecular complexity index is 1550. The van der Waals surface area contributed by atoms with Gasteiger partial charge in [0.15, 0.2) is 24.6 Å². The number of carbonyl (C=O) groups is 4. The highest BCUT2D eigenvalue weighted by molar-refractivity contribution is 5.74. The average Bonchev–Trinajstić information content (AvgIpc) is 3.37. The van der Waals surface area contributed by atoms with E-state index in [4.69, 9.17) is 23.7 Å². The van der Waals surface area contributed by atoms with E-state index in [-0.39, 0.29) is 25.9 Å². The molecule has 6 unspecified atom stereocenters. The van der Waals surface area contributed by atoms with Crippen molar-refractivity contribution in [3.05, 3.63) is 72.9 Å². The van der Waals surface area contributed by atoms with Crippen LogP contribution in [0.3, 0.4) is 0 Å². The third-order valence-corrected chi connectivity index (χ3v) is 12.8. The third-order valence-electron chi connectivity index (χ3n) is 12.8. The van der Waals surface area contributed by atoms with Crippen molar-refractivity contribution in [2.45, 2.75) is 276 Å². The fourth-order valence-electron chi connectivity index (χ4n) is 8.31. The van der Waals surface area contributed by atoms with Crippen LogP contribution in [-0.2, 0) is 42.9 Å². The van der Waals surface area contributed by atoms with Crippen LogP contribution in [0.4, 0.5) is 0 Å². The molecule has 0 aromatic carbocycles. The highest BCUT2D eigenvalue weighted by Gasteiger charge is 2.50. The second kappa shape index (κ2) is 49.1. The molecule has 0 aromatic heterocycles. The van der Waals surface area contributed by atoms with Gasteiger partial charge in [0.25, 0.3) is 0 Å². The van der Waals surface area contributed by atoms with E-state index in [1.54, 1.807) is 0 Å². The molecule has 0 bridgehead atoms. The minimum atomic E-state index is -1.93. The molecule has 1 rings (SSSR count). The molecule has 0 saturated carbocycles. The number of ether oxygens (including phenoxy) is 5. The Labute approximate surface area is 442 Å². The van der Waals surface area contributed by atoms with Crippen molar-refractivity contribution in [1.82, 2.24) is 0 Å². The predicted octanol–water partition coefficient (Wildman–Crippen LogP) is 14.6. The Morgan fingerprint density at radius 1 is 0.466 bits per heavy atom. The van der Waals surface area contributed by atoms with Gasteiger partial charge in [-0.25, -0.2) is 4.79 Å². The fraction of sp³-hybridized carbons (Fsp3) is 0.738. The van der Waals surface area contributed by atoms with Gasteiger partial charge in [0, 0.05) is 19.3 Å². The number of unbranched alkanes of at least 4 members (excludes halogenated alkanes) is 22. The first-order valence-electron chi connectivity index (χ1n) is 28.9. The van der Waals surface area contributed by atoms with E-state index in [0.29, 0.717) is 25.7 Å². The van der Waals surface area contributed by atoms with Crippen LogP contribution in [0.2, 0.25) is 0 Å². The number of esters is 3. The van der Waals surface area contributed by atoms with Crippen LogP contribution in [0.15, 0.2) is 72.9 Å². The molecule has 1 aliphatic rings. The number of aliphatic hydroxyl groups excluding tert-OH is 2. The van der Waals surface area contributed by atoms with Crippen LogP contribution >= 0.6 is 0 Å². The Hall–Kier alpha value is -3.84. The molecule has 1 aliphatic heterocycles. The molecular weight excluding hydrogens is 925 g/mol. The number of hydrogen-bond acceptors (Lipinski definition) is 11. The summed E-state index contributed by atoms with van der Waals surface area (Å²) < 4.78 is 28.3. The van der Waals surface area contributed by atoms with Crippen molar-refractivity contribution in [3.63, 3.8) is 0 Å². The summed E-state index contributed by atoms with van der Waals surface area (Å²) in [6.07, 6.45) is 48.9. The molecule has 73 heavy (non-hydrogen) atoms. The van der Waals surface area contributed by atoms with E-state index in [9.17, 15) is 34.5 Å². The van der Waals surface area contributed by atoms with Crippen molar-refractivity contribution in [3.8, 4) is 0 Å². The lowest BCUT2D eigenvalue weighted by atomic mass is 9.98. The Morgan fingerprint density at radius 2 is 0.890 bits per heavy atom. The summed E-state index contributed by atoms with van der Waals surface area (Å²) in [6, 6.07) is 0. The first-order chi connectivity index (χ1) is 35.6. The number of rotatable bonds is 48. The van der Waals surface area contributed by atoms with Crippen molar-refractivity contribution in [1.29, 1.82) is 0 Å². The molecule has 1 fully saturated rings. The van der Waals surface area contributed by atoms with E-state index >= 15 is 0 Å². The third kappa shape index (κ3) is 39.3. The number of carboxylic acid groups (broad SMARTS) is 1. The minimum Gasteiger partial charge on any atom is -0.479 e. The Kier molecular flexibility index (Phi) is 45.1. The summed E-state index contributed by atoms with van der Waals surface area (Å²) in [5, 5.41) is 31.4. The molecule has 0 amide bonds. The van der Waals surface area contributed by atoms with Crippen molar-refractivity contribution < 1.29 is 58.2 Å². The molecule has 0 aromatic rings. The van der Waals surface area contributed by atoms with E-state index < -0.39 is 67.3 Å². The van der Waals surface area contributed by atoms with Crippen LogP contribution in [0.1, 0.15) is 239 Å². The standard InChI is InChI=1S/C61H102O12/c1-4-7-10-13-16-19-22-25-27-30-32-35-38-41-44-47-53(62)69-50-52(71-54(63)48-45-42-39-36-34-31-28-26-23-20-17-14-11-8-5-2)51-70-61-59(57(66)56(65)58(73-61)60(67)68)72-55(64)49-46-43-40-37-33-29-24-21-18-15-12-9-6-3/h9,12,18,21,25-29,33,40,43,52,56-59,61,65-66H,4-8,10-11,13-17,19-20,22-24,30-32,34-39,41-42,44-51H2,1-3H3,(H,67,68)/b12-9-,21-18-,27-25-,28-26-,33-29-,43-40-. The summed E-state index contributed by atoms with van der Waals surface area (Å²) in [7, 11) is 0. The Balaban J connectivity index is 2.75. The van der Waals surface area contributed by atoms with E-state index in [1.165, 1.54) is 77.0 Å². The first-order valence-corrected chi connectivity index (χ1v) is 28.9. The van der Waals surface area contributed by atoms with Crippen LogP contribution in [0.5, 0.6) is 0 Å². The maximum Gasteiger partial charge on any atom is 0.335 e. The zero-order valence-corrected chi connectivity index (χ0v) is 45.9. The largest absolute Gasteiger partial charge is 0.479 e. The number of carbonyl (C=O) groups excluding carboxylic acids is 3. The number of aliphatic carboxylic acids is 1. The SMILES string of the molecule is CC/C=C\C/C=C\C/C=C\C/C=C\CCC(=O)OC1C(OCC(COC(=O)CCCCCCC/C=C\CCCCCCCC)OC(=O)CCCCCCC/C=C\CCCCCCCC)OC(C(=O)O)C(O)C1O. The normalized spacial score (nSPS) is 18.8. The molecule has 1 saturated heterocycles. The van der Waals surface area contributed by atoms with Gasteiger partial charge < -0.3 is 39.0 Å². The smallest absolute Gasteiger partial charge is 0.335 e. The van der Waals surface area contributed by atoms with Crippen molar-refractivity contribution >= 4 is 23.9 Å². The molecule has 1 heterocycles. The summed E-state index contributed by atoms with van der Waals surface area (Å²) in [5.74, 6) is -3.25. The van der Waals surface area contributed by atoms with Gasteiger partial charge >= 0.3 is 23.9 Å². The number of carboxylic acids is 1. The van der Waals surface area contributed by atoms with Gasteiger partial charge in [-0.2, -0.15) is 0 Å². The molecule has 6 atom stereocenters. The molecule has 0 aliphatic carbocycles. The second-order valence-electron chi connectivity index (χ2n) is 19.5. The van der Waals surface area contributed by atoms with Gasteiger partial charge in [0.1, 0.15) is 18.8 Å². The highest BCUT2D eigenvalue weighted by Crippen LogP contribution is 2.26. The first kappa shape index (κ1) is 67.2. The van der Waals surface area contributed by atoms with E-state index in [1.807, 2.05) is 18.2 Å². The molecular formula is C61H102O12. The van der Waals surface area contributed by atoms with Gasteiger partial charge in [-0.1, -0.05) is 196 Å².